The Balaban J connectivity index is 2.44. The Labute approximate surface area is 148 Å². The van der Waals surface area contributed by atoms with Gasteiger partial charge in [0.15, 0.2) is 0 Å². The summed E-state index contributed by atoms with van der Waals surface area (Å²) in [6.45, 7) is 5.30. The van der Waals surface area contributed by atoms with Crippen molar-refractivity contribution in [3.63, 3.8) is 0 Å². The number of benzene rings is 1. The number of ether oxygens (including phenoxy) is 3. The van der Waals surface area contributed by atoms with Crippen molar-refractivity contribution >= 4 is 18.0 Å². The van der Waals surface area contributed by atoms with Crippen molar-refractivity contribution in [1.29, 1.82) is 0 Å². The summed E-state index contributed by atoms with van der Waals surface area (Å²) in [4.78, 5) is 23.4. The highest BCUT2D eigenvalue weighted by Crippen LogP contribution is 2.12. The van der Waals surface area contributed by atoms with Gasteiger partial charge in [-0.1, -0.05) is 29.9 Å². The summed E-state index contributed by atoms with van der Waals surface area (Å²) in [6.07, 6.45) is 6.53. The molecule has 0 aliphatic heterocycles. The maximum absolute atomic E-state index is 12.0. The zero-order chi connectivity index (χ0) is 18.7. The number of methoxy groups -OCH3 is 1. The molecule has 0 fully saturated rings. The Morgan fingerprint density at radius 2 is 1.76 bits per heavy atom. The van der Waals surface area contributed by atoms with Crippen LogP contribution in [0.25, 0.3) is 6.08 Å². The fourth-order valence-corrected chi connectivity index (χ4v) is 1.80. The monoisotopic (exact) mass is 344 g/mol. The van der Waals surface area contributed by atoms with Gasteiger partial charge in [-0.3, -0.25) is 0 Å². The van der Waals surface area contributed by atoms with Gasteiger partial charge >= 0.3 is 11.9 Å². The maximum atomic E-state index is 12.0. The predicted octanol–water partition coefficient (Wildman–Crippen LogP) is 3.71. The molecule has 25 heavy (non-hydrogen) atoms. The van der Waals surface area contributed by atoms with Crippen molar-refractivity contribution in [1.82, 2.24) is 0 Å². The smallest absolute Gasteiger partial charge is 0.337 e. The topological polar surface area (TPSA) is 61.8 Å². The molecule has 0 aromatic heterocycles. The van der Waals surface area contributed by atoms with Gasteiger partial charge in [-0.2, -0.15) is 0 Å². The van der Waals surface area contributed by atoms with Gasteiger partial charge in [0.1, 0.15) is 19.0 Å². The van der Waals surface area contributed by atoms with Crippen molar-refractivity contribution in [2.75, 3.05) is 20.3 Å². The van der Waals surface area contributed by atoms with Crippen molar-refractivity contribution in [2.45, 2.75) is 20.8 Å². The fourth-order valence-electron chi connectivity index (χ4n) is 1.80. The second kappa shape index (κ2) is 10.9. The molecule has 134 valence electrons. The third-order valence-electron chi connectivity index (χ3n) is 3.12. The molecule has 5 nitrogen and oxygen atoms in total. The first-order chi connectivity index (χ1) is 12.0. The quantitative estimate of drug-likeness (QED) is 0.531. The van der Waals surface area contributed by atoms with E-state index in [1.807, 2.05) is 30.3 Å². The van der Waals surface area contributed by atoms with E-state index in [2.05, 4.69) is 0 Å². The Bertz CT molecular complexity index is 662. The van der Waals surface area contributed by atoms with Crippen LogP contribution in [0, 0.1) is 0 Å². The molecule has 0 heterocycles. The molecule has 1 aromatic rings. The molecule has 5 heteroatoms. The lowest BCUT2D eigenvalue weighted by atomic mass is 10.2. The van der Waals surface area contributed by atoms with E-state index in [4.69, 9.17) is 14.2 Å². The van der Waals surface area contributed by atoms with Crippen LogP contribution in [0.4, 0.5) is 0 Å². The van der Waals surface area contributed by atoms with Crippen LogP contribution >= 0.6 is 0 Å². The van der Waals surface area contributed by atoms with Crippen LogP contribution in [0.1, 0.15) is 26.3 Å². The summed E-state index contributed by atoms with van der Waals surface area (Å²) in [7, 11) is 1.61. The first-order valence-corrected chi connectivity index (χ1v) is 7.90. The summed E-state index contributed by atoms with van der Waals surface area (Å²) in [6, 6.07) is 7.50. The molecule has 0 atom stereocenters. The van der Waals surface area contributed by atoms with Crippen LogP contribution in [-0.2, 0) is 19.1 Å². The SMILES string of the molecule is CC=C(COC(=O)C=C(C)C)C(=O)OCC=Cc1ccc(OC)cc1. The largest absolute Gasteiger partial charge is 0.497 e. The lowest BCUT2D eigenvalue weighted by Crippen LogP contribution is -2.15. The van der Waals surface area contributed by atoms with E-state index in [1.54, 1.807) is 40.0 Å². The summed E-state index contributed by atoms with van der Waals surface area (Å²) < 4.78 is 15.2. The van der Waals surface area contributed by atoms with Crippen LogP contribution in [0.2, 0.25) is 0 Å². The molecule has 0 saturated heterocycles. The van der Waals surface area contributed by atoms with Crippen LogP contribution < -0.4 is 4.74 Å². The number of carbonyl (C=O) groups excluding carboxylic acids is 2. The molecule has 0 spiro atoms. The maximum Gasteiger partial charge on any atom is 0.337 e. The molecular weight excluding hydrogens is 320 g/mol. The van der Waals surface area contributed by atoms with E-state index in [9.17, 15) is 9.59 Å². The van der Waals surface area contributed by atoms with E-state index in [0.29, 0.717) is 5.57 Å². The molecule has 0 radical (unpaired) electrons. The zero-order valence-corrected chi connectivity index (χ0v) is 15.1. The van der Waals surface area contributed by atoms with Crippen LogP contribution in [0.5, 0.6) is 5.75 Å². The van der Waals surface area contributed by atoms with E-state index >= 15 is 0 Å². The minimum atomic E-state index is -0.508. The van der Waals surface area contributed by atoms with E-state index in [-0.39, 0.29) is 13.2 Å². The minimum Gasteiger partial charge on any atom is -0.497 e. The molecule has 0 aliphatic rings. The number of hydrogen-bond acceptors (Lipinski definition) is 5. The molecule has 0 bridgehead atoms. The number of allylic oxidation sites excluding steroid dienone is 2. The van der Waals surface area contributed by atoms with Gasteiger partial charge in [-0.25, -0.2) is 9.59 Å². The average molecular weight is 344 g/mol. The van der Waals surface area contributed by atoms with Crippen LogP contribution in [-0.4, -0.2) is 32.3 Å². The first-order valence-electron chi connectivity index (χ1n) is 7.90. The van der Waals surface area contributed by atoms with Crippen molar-refractivity contribution in [3.8, 4) is 5.75 Å². The van der Waals surface area contributed by atoms with Gasteiger partial charge in [0.25, 0.3) is 0 Å². The predicted molar refractivity (Wildman–Crippen MR) is 97.1 cm³/mol. The Morgan fingerprint density at radius 3 is 2.32 bits per heavy atom. The van der Waals surface area contributed by atoms with Gasteiger partial charge in [-0.15, -0.1) is 0 Å². The molecule has 0 unspecified atom stereocenters. The highest BCUT2D eigenvalue weighted by atomic mass is 16.5. The third-order valence-corrected chi connectivity index (χ3v) is 3.12. The van der Waals surface area contributed by atoms with Gasteiger partial charge in [0.05, 0.1) is 12.7 Å². The highest BCUT2D eigenvalue weighted by Gasteiger charge is 2.11. The normalized spacial score (nSPS) is 11.1. The molecule has 1 rings (SSSR count). The van der Waals surface area contributed by atoms with Crippen molar-refractivity contribution in [2.24, 2.45) is 0 Å². The average Bonchev–Trinajstić information content (AvgIpc) is 2.59. The fraction of sp³-hybridized carbons (Fsp3) is 0.300. The van der Waals surface area contributed by atoms with Gasteiger partial charge in [0, 0.05) is 6.08 Å². The number of carbonyl (C=O) groups is 2. The molecular formula is C20H24O5. The molecule has 0 N–H and O–H groups in total. The second-order valence-corrected chi connectivity index (χ2v) is 5.42. The molecule has 0 amide bonds. The molecule has 0 saturated carbocycles. The van der Waals surface area contributed by atoms with Gasteiger partial charge in [-0.05, 0) is 44.5 Å². The van der Waals surface area contributed by atoms with Crippen LogP contribution in [0.3, 0.4) is 0 Å². The summed E-state index contributed by atoms with van der Waals surface area (Å²) in [5.41, 5.74) is 2.10. The minimum absolute atomic E-state index is 0.111. The standard InChI is InChI=1S/C20H24O5/c1-5-17(14-25-19(21)13-15(2)3)20(22)24-12-6-7-16-8-10-18(23-4)11-9-16/h5-11,13H,12,14H2,1-4H3. The molecule has 1 aromatic carbocycles. The summed E-state index contributed by atoms with van der Waals surface area (Å²) in [5, 5.41) is 0. The van der Waals surface area contributed by atoms with E-state index < -0.39 is 11.9 Å². The number of rotatable bonds is 8. The van der Waals surface area contributed by atoms with E-state index in [1.165, 1.54) is 6.08 Å². The van der Waals surface area contributed by atoms with Crippen molar-refractivity contribution in [3.05, 3.63) is 59.2 Å². The lowest BCUT2D eigenvalue weighted by molar-refractivity contribution is -0.141. The van der Waals surface area contributed by atoms with Crippen LogP contribution in [0.15, 0.2) is 53.6 Å². The number of esters is 2. The summed E-state index contributed by atoms with van der Waals surface area (Å²) >= 11 is 0. The third kappa shape index (κ3) is 8.01. The van der Waals surface area contributed by atoms with E-state index in [0.717, 1.165) is 16.9 Å². The number of hydrogen-bond donors (Lipinski definition) is 0. The second-order valence-electron chi connectivity index (χ2n) is 5.42. The van der Waals surface area contributed by atoms with Crippen molar-refractivity contribution < 1.29 is 23.8 Å². The molecule has 0 aliphatic carbocycles. The van der Waals surface area contributed by atoms with Gasteiger partial charge in [0.2, 0.25) is 0 Å². The highest BCUT2D eigenvalue weighted by molar-refractivity contribution is 5.90. The summed E-state index contributed by atoms with van der Waals surface area (Å²) in [5.74, 6) is -0.206. The Hall–Kier alpha value is -2.82. The van der Waals surface area contributed by atoms with Gasteiger partial charge < -0.3 is 14.2 Å². The Kier molecular flexibility index (Phi) is 8.79. The first kappa shape index (κ1) is 20.2. The Morgan fingerprint density at radius 1 is 1.08 bits per heavy atom. The lowest BCUT2D eigenvalue weighted by Gasteiger charge is -2.07. The zero-order valence-electron chi connectivity index (χ0n) is 15.1.